The summed E-state index contributed by atoms with van der Waals surface area (Å²) in [6.07, 6.45) is 4.12. The fourth-order valence-electron chi connectivity index (χ4n) is 6.52. The van der Waals surface area contributed by atoms with Crippen molar-refractivity contribution in [2.75, 3.05) is 0 Å². The Bertz CT molecular complexity index is 1590. The first-order valence-corrected chi connectivity index (χ1v) is 17.3. The van der Waals surface area contributed by atoms with Gasteiger partial charge in [0.25, 0.3) is 0 Å². The van der Waals surface area contributed by atoms with Gasteiger partial charge in [0.2, 0.25) is 0 Å². The molecule has 6 aromatic rings. The molecule has 0 aliphatic rings. The molecule has 0 saturated heterocycles. The third-order valence-corrected chi connectivity index (χ3v) is 13.6. The van der Waals surface area contributed by atoms with Gasteiger partial charge in [0.15, 0.2) is 0 Å². The molecule has 0 saturated carbocycles. The Morgan fingerprint density at radius 3 is 1.20 bits per heavy atom. The van der Waals surface area contributed by atoms with Gasteiger partial charge in [0.1, 0.15) is 0 Å². The quantitative estimate of drug-likeness (QED) is 0.162. The summed E-state index contributed by atoms with van der Waals surface area (Å²) in [6, 6.07) is 27.8. The molecule has 6 rings (SSSR count). The first-order valence-electron chi connectivity index (χ1n) is 13.9. The third-order valence-electron chi connectivity index (χ3n) is 7.98. The first kappa shape index (κ1) is 27.2. The van der Waals surface area contributed by atoms with Crippen LogP contribution >= 0.6 is 0 Å². The molecule has 0 aliphatic heterocycles. The van der Waals surface area contributed by atoms with Crippen molar-refractivity contribution < 1.29 is 0 Å². The van der Waals surface area contributed by atoms with Crippen molar-refractivity contribution in [1.82, 2.24) is 9.97 Å². The molecule has 2 unspecified atom stereocenters. The van der Waals surface area contributed by atoms with E-state index in [0.29, 0.717) is 0 Å². The van der Waals surface area contributed by atoms with Crippen LogP contribution in [0.2, 0.25) is 0 Å². The number of nitrogens with one attached hydrogen (secondary N) is 2. The summed E-state index contributed by atoms with van der Waals surface area (Å²) in [6.45, 7) is 13.5. The number of aryl methyl sites for hydroxylation is 6. The van der Waals surface area contributed by atoms with E-state index in [1.807, 2.05) is 0 Å². The zero-order valence-corrected chi connectivity index (χ0v) is 27.5. The van der Waals surface area contributed by atoms with E-state index >= 15 is 0 Å². The Kier molecular flexibility index (Phi) is 7.55. The van der Waals surface area contributed by atoms with Gasteiger partial charge >= 0.3 is 251 Å². The number of benzene rings is 2. The van der Waals surface area contributed by atoms with Gasteiger partial charge in [-0.1, -0.05) is 0 Å². The summed E-state index contributed by atoms with van der Waals surface area (Å²) in [5, 5.41) is 0. The average molecular weight is 655 g/mol. The second-order valence-electron chi connectivity index (χ2n) is 11.1. The van der Waals surface area contributed by atoms with Gasteiger partial charge in [-0.3, -0.25) is 0 Å². The van der Waals surface area contributed by atoms with Crippen molar-refractivity contribution in [3.8, 4) is 8.87 Å². The maximum atomic E-state index is 3.56. The monoisotopic (exact) mass is 656 g/mol. The second-order valence-corrected chi connectivity index (χ2v) is 15.8. The number of hydrogen-bond donors (Lipinski definition) is 2. The van der Waals surface area contributed by atoms with Crippen molar-refractivity contribution in [2.45, 2.75) is 53.4 Å². The zero-order valence-electron chi connectivity index (χ0n) is 24.1. The fraction of sp³-hybridized carbons (Fsp3) is 0.222. The molecule has 40 heavy (non-hydrogen) atoms. The molecular formula is C36H36N2Se2. The third kappa shape index (κ3) is 5.11. The molecule has 2 aromatic carbocycles. The van der Waals surface area contributed by atoms with Gasteiger partial charge in [-0.25, -0.2) is 0 Å². The molecule has 2 N–H and O–H groups in total. The van der Waals surface area contributed by atoms with Crippen LogP contribution in [0.5, 0.6) is 0 Å². The topological polar surface area (TPSA) is 31.6 Å². The minimum absolute atomic E-state index is 0.274. The molecule has 0 radical (unpaired) electrons. The van der Waals surface area contributed by atoms with Crippen LogP contribution in [0.1, 0.15) is 76.6 Å². The van der Waals surface area contributed by atoms with E-state index in [-0.39, 0.29) is 40.8 Å². The number of H-pyrrole nitrogens is 2. The van der Waals surface area contributed by atoms with Crippen LogP contribution in [0.15, 0.2) is 85.2 Å². The van der Waals surface area contributed by atoms with Gasteiger partial charge in [0.05, 0.1) is 0 Å². The average Bonchev–Trinajstić information content (AvgIpc) is 3.72. The van der Waals surface area contributed by atoms with Crippen LogP contribution in [-0.2, 0) is 0 Å². The molecule has 4 aromatic heterocycles. The van der Waals surface area contributed by atoms with Crippen molar-refractivity contribution in [1.29, 1.82) is 0 Å². The number of aromatic amines is 2. The van der Waals surface area contributed by atoms with Gasteiger partial charge < -0.3 is 0 Å². The molecule has 0 bridgehead atoms. The molecule has 4 heteroatoms. The Balaban J connectivity index is 1.41. The van der Waals surface area contributed by atoms with Crippen LogP contribution in [0.4, 0.5) is 0 Å². The van der Waals surface area contributed by atoms with E-state index in [2.05, 4.69) is 137 Å². The molecule has 2 nitrogen and oxygen atoms in total. The Morgan fingerprint density at radius 2 is 0.875 bits per heavy atom. The normalized spacial score (nSPS) is 13.1. The van der Waals surface area contributed by atoms with Crippen molar-refractivity contribution >= 4 is 29.0 Å². The summed E-state index contributed by atoms with van der Waals surface area (Å²) >= 11 is 0.572. The molecule has 0 amide bonds. The summed E-state index contributed by atoms with van der Waals surface area (Å²) in [4.78, 5) is 7.12. The van der Waals surface area contributed by atoms with Crippen LogP contribution in [0.25, 0.3) is 8.87 Å². The summed E-state index contributed by atoms with van der Waals surface area (Å²) in [7, 11) is 0. The minimum atomic E-state index is 0.274. The standard InChI is InChI=1S/C36H36N2Se2/c1-21-17-23(3)33(24(4)18-21)35(27-9-7-15-37-27)31-13-11-29(39-31)30-12-14-32(40-30)36(28-10-8-16-38-28)34-25(5)19-22(2)20-26(34)6/h7-20,35-38H,1-6H3. The van der Waals surface area contributed by atoms with Crippen molar-refractivity contribution in [3.63, 3.8) is 0 Å². The van der Waals surface area contributed by atoms with Gasteiger partial charge in [-0.05, 0) is 0 Å². The summed E-state index contributed by atoms with van der Waals surface area (Å²) in [5.74, 6) is 0.548. The van der Waals surface area contributed by atoms with E-state index in [9.17, 15) is 0 Å². The molecule has 4 heterocycles. The molecule has 0 fully saturated rings. The summed E-state index contributed by atoms with van der Waals surface area (Å²) < 4.78 is 6.15. The van der Waals surface area contributed by atoms with E-state index < -0.39 is 0 Å². The van der Waals surface area contributed by atoms with Gasteiger partial charge in [-0.15, -0.1) is 0 Å². The van der Waals surface area contributed by atoms with E-state index in [0.717, 1.165) is 0 Å². The van der Waals surface area contributed by atoms with Gasteiger partial charge in [0, 0.05) is 0 Å². The SMILES string of the molecule is Cc1cc(C)c(C(c2ccc[nH]2)c2ccc(-c3ccc(C(c4ccc[nH]4)c4c(C)cc(C)cc4C)[se]3)[se]2)c(C)c1. The number of aromatic nitrogens is 2. The molecule has 2 atom stereocenters. The van der Waals surface area contributed by atoms with E-state index in [1.54, 1.807) is 0 Å². The van der Waals surface area contributed by atoms with Crippen molar-refractivity contribution in [3.05, 3.63) is 150 Å². The molecule has 0 aliphatic carbocycles. The number of hydrogen-bond acceptors (Lipinski definition) is 0. The molecule has 202 valence electrons. The molecule has 0 spiro atoms. The zero-order chi connectivity index (χ0) is 28.0. The first-order chi connectivity index (χ1) is 19.3. The van der Waals surface area contributed by atoms with Crippen LogP contribution in [0.3, 0.4) is 0 Å². The van der Waals surface area contributed by atoms with Gasteiger partial charge in [-0.2, -0.15) is 0 Å². The predicted octanol–water partition coefficient (Wildman–Crippen LogP) is 8.33. The summed E-state index contributed by atoms with van der Waals surface area (Å²) in [5.41, 5.74) is 13.7. The van der Waals surface area contributed by atoms with Crippen LogP contribution in [-0.4, -0.2) is 39.0 Å². The second kappa shape index (κ2) is 11.1. The molecular weight excluding hydrogens is 618 g/mol. The predicted molar refractivity (Wildman–Crippen MR) is 171 cm³/mol. The van der Waals surface area contributed by atoms with Crippen LogP contribution < -0.4 is 0 Å². The fourth-order valence-corrected chi connectivity index (χ4v) is 11.9. The maximum absolute atomic E-state index is 3.56. The van der Waals surface area contributed by atoms with Crippen LogP contribution in [0, 0.1) is 41.5 Å². The Morgan fingerprint density at radius 1 is 0.500 bits per heavy atom. The Labute approximate surface area is 250 Å². The van der Waals surface area contributed by atoms with Crippen molar-refractivity contribution in [2.24, 2.45) is 0 Å². The van der Waals surface area contributed by atoms with E-state index in [4.69, 9.17) is 0 Å². The number of rotatable bonds is 7. The van der Waals surface area contributed by atoms with E-state index in [1.165, 1.54) is 73.6 Å². The Hall–Kier alpha value is -3.00.